The number of carbonyl (C=O) groups excluding carboxylic acids is 1. The highest BCUT2D eigenvalue weighted by molar-refractivity contribution is 5.96. The van der Waals surface area contributed by atoms with Crippen LogP contribution in [-0.4, -0.2) is 33.1 Å². The number of aromatic amines is 1. The minimum atomic E-state index is -5.08. The first-order valence-corrected chi connectivity index (χ1v) is 4.75. The summed E-state index contributed by atoms with van der Waals surface area (Å²) in [6.45, 7) is 0. The van der Waals surface area contributed by atoms with Crippen molar-refractivity contribution in [2.45, 2.75) is 6.18 Å². The summed E-state index contributed by atoms with van der Waals surface area (Å²) < 4.78 is 31.7. The van der Waals surface area contributed by atoms with E-state index < -0.39 is 18.1 Å². The summed E-state index contributed by atoms with van der Waals surface area (Å²) in [7, 11) is 0. The van der Waals surface area contributed by atoms with Crippen LogP contribution in [0.25, 0.3) is 11.0 Å². The highest BCUT2D eigenvalue weighted by atomic mass is 19.4. The first-order valence-electron chi connectivity index (χ1n) is 4.75. The number of nitrogens with two attached hydrogens (primary N) is 1. The third kappa shape index (κ3) is 3.98. The molecule has 1 aromatic heterocycles. The molecule has 9 heteroatoms. The topological polar surface area (TPSA) is 109 Å². The van der Waals surface area contributed by atoms with Gasteiger partial charge in [-0.15, -0.1) is 0 Å². The SMILES string of the molecule is NC(=O)c1ccc2[nH]cnc2c1.O=C(O)C(F)(F)F. The van der Waals surface area contributed by atoms with Gasteiger partial charge in [-0.1, -0.05) is 0 Å². The van der Waals surface area contributed by atoms with Gasteiger partial charge in [0.15, 0.2) is 0 Å². The van der Waals surface area contributed by atoms with Crippen LogP contribution in [0.2, 0.25) is 0 Å². The maximum Gasteiger partial charge on any atom is 0.490 e. The molecule has 0 radical (unpaired) electrons. The average molecular weight is 275 g/mol. The molecule has 0 saturated heterocycles. The molecular formula is C10H8F3N3O3. The Labute approximate surface area is 104 Å². The van der Waals surface area contributed by atoms with E-state index in [9.17, 15) is 18.0 Å². The molecule has 19 heavy (non-hydrogen) atoms. The molecule has 0 saturated carbocycles. The minimum absolute atomic E-state index is 0.431. The summed E-state index contributed by atoms with van der Waals surface area (Å²) in [5, 5.41) is 7.12. The highest BCUT2D eigenvalue weighted by Gasteiger charge is 2.38. The number of hydrogen-bond donors (Lipinski definition) is 3. The number of aliphatic carboxylic acids is 1. The molecule has 0 aliphatic heterocycles. The van der Waals surface area contributed by atoms with Crippen LogP contribution in [0, 0.1) is 0 Å². The van der Waals surface area contributed by atoms with Crippen LogP contribution in [0.5, 0.6) is 0 Å². The fourth-order valence-electron chi connectivity index (χ4n) is 1.09. The number of carbonyl (C=O) groups is 2. The van der Waals surface area contributed by atoms with Gasteiger partial charge in [-0.3, -0.25) is 4.79 Å². The van der Waals surface area contributed by atoms with Crippen LogP contribution >= 0.6 is 0 Å². The van der Waals surface area contributed by atoms with Crippen LogP contribution in [-0.2, 0) is 4.79 Å². The summed E-state index contributed by atoms with van der Waals surface area (Å²) in [6.07, 6.45) is -3.50. The molecule has 0 spiro atoms. The molecule has 2 rings (SSSR count). The number of fused-ring (bicyclic) bond motifs is 1. The van der Waals surface area contributed by atoms with E-state index in [1.54, 1.807) is 24.5 Å². The molecule has 6 nitrogen and oxygen atoms in total. The number of H-pyrrole nitrogens is 1. The van der Waals surface area contributed by atoms with Crippen LogP contribution < -0.4 is 5.73 Å². The average Bonchev–Trinajstić information content (AvgIpc) is 2.74. The Bertz CT molecular complexity index is 607. The van der Waals surface area contributed by atoms with Gasteiger partial charge in [-0.2, -0.15) is 13.2 Å². The van der Waals surface area contributed by atoms with Gasteiger partial charge < -0.3 is 15.8 Å². The minimum Gasteiger partial charge on any atom is -0.475 e. The molecule has 2 aromatic rings. The summed E-state index contributed by atoms with van der Waals surface area (Å²) >= 11 is 0. The van der Waals surface area contributed by atoms with Crippen molar-refractivity contribution in [1.29, 1.82) is 0 Å². The van der Waals surface area contributed by atoms with Crippen LogP contribution in [0.3, 0.4) is 0 Å². The summed E-state index contributed by atoms with van der Waals surface area (Å²) in [5.41, 5.74) is 7.24. The van der Waals surface area contributed by atoms with E-state index in [1.807, 2.05) is 0 Å². The van der Waals surface area contributed by atoms with E-state index in [4.69, 9.17) is 15.6 Å². The van der Waals surface area contributed by atoms with Crippen molar-refractivity contribution in [2.75, 3.05) is 0 Å². The van der Waals surface area contributed by atoms with Crippen LogP contribution in [0.4, 0.5) is 13.2 Å². The fourth-order valence-corrected chi connectivity index (χ4v) is 1.09. The molecule has 0 aliphatic carbocycles. The van der Waals surface area contributed by atoms with Crippen molar-refractivity contribution in [1.82, 2.24) is 9.97 Å². The normalized spacial score (nSPS) is 10.7. The zero-order valence-corrected chi connectivity index (χ0v) is 9.23. The van der Waals surface area contributed by atoms with Gasteiger partial charge in [0.2, 0.25) is 5.91 Å². The molecule has 0 atom stereocenters. The molecule has 0 aliphatic rings. The number of benzene rings is 1. The van der Waals surface area contributed by atoms with E-state index in [1.165, 1.54) is 0 Å². The van der Waals surface area contributed by atoms with Crippen molar-refractivity contribution in [3.05, 3.63) is 30.1 Å². The monoisotopic (exact) mass is 275 g/mol. The second-order valence-corrected chi connectivity index (χ2v) is 3.30. The lowest BCUT2D eigenvalue weighted by Gasteiger charge is -1.93. The van der Waals surface area contributed by atoms with Crippen molar-refractivity contribution < 1.29 is 27.9 Å². The standard InChI is InChI=1S/C8H7N3O.C2HF3O2/c9-8(12)5-1-2-6-7(3-5)11-4-10-6;3-2(4,5)1(6)7/h1-4H,(H2,9,12)(H,10,11);(H,6,7). The number of hydrogen-bond acceptors (Lipinski definition) is 3. The Morgan fingerprint density at radius 1 is 1.32 bits per heavy atom. The lowest BCUT2D eigenvalue weighted by molar-refractivity contribution is -0.192. The third-order valence-corrected chi connectivity index (χ3v) is 1.95. The van der Waals surface area contributed by atoms with Crippen LogP contribution in [0.15, 0.2) is 24.5 Å². The molecule has 102 valence electrons. The molecular weight excluding hydrogens is 267 g/mol. The van der Waals surface area contributed by atoms with E-state index in [-0.39, 0.29) is 0 Å². The molecule has 1 amide bonds. The van der Waals surface area contributed by atoms with Crippen molar-refractivity contribution in [2.24, 2.45) is 5.73 Å². The first kappa shape index (κ1) is 14.5. The van der Waals surface area contributed by atoms with Gasteiger partial charge in [-0.25, -0.2) is 9.78 Å². The van der Waals surface area contributed by atoms with E-state index >= 15 is 0 Å². The smallest absolute Gasteiger partial charge is 0.475 e. The Morgan fingerprint density at radius 2 is 1.89 bits per heavy atom. The molecule has 1 aromatic carbocycles. The number of amides is 1. The van der Waals surface area contributed by atoms with E-state index in [0.717, 1.165) is 11.0 Å². The number of carboxylic acid groups (broad SMARTS) is 1. The number of halogens is 3. The van der Waals surface area contributed by atoms with Gasteiger partial charge in [-0.05, 0) is 18.2 Å². The predicted molar refractivity (Wildman–Crippen MR) is 58.3 cm³/mol. The maximum absolute atomic E-state index is 10.8. The van der Waals surface area contributed by atoms with Gasteiger partial charge in [0.25, 0.3) is 0 Å². The highest BCUT2D eigenvalue weighted by Crippen LogP contribution is 2.13. The lowest BCUT2D eigenvalue weighted by atomic mass is 10.2. The second kappa shape index (κ2) is 5.38. The Morgan fingerprint density at radius 3 is 2.37 bits per heavy atom. The summed E-state index contributed by atoms with van der Waals surface area (Å²) in [6, 6.07) is 5.11. The molecule has 4 N–H and O–H groups in total. The number of rotatable bonds is 1. The lowest BCUT2D eigenvalue weighted by Crippen LogP contribution is -2.21. The van der Waals surface area contributed by atoms with Gasteiger partial charge >= 0.3 is 12.1 Å². The maximum atomic E-state index is 10.8. The zero-order valence-electron chi connectivity index (χ0n) is 9.23. The number of imidazole rings is 1. The first-order chi connectivity index (χ1) is 8.71. The van der Waals surface area contributed by atoms with Gasteiger partial charge in [0, 0.05) is 5.56 Å². The molecule has 1 heterocycles. The van der Waals surface area contributed by atoms with E-state index in [0.29, 0.717) is 5.56 Å². The number of aromatic nitrogens is 2. The summed E-state index contributed by atoms with van der Waals surface area (Å²) in [5.74, 6) is -3.19. The second-order valence-electron chi connectivity index (χ2n) is 3.30. The number of nitrogens with one attached hydrogen (secondary N) is 1. The quantitative estimate of drug-likeness (QED) is 0.728. The fraction of sp³-hybridized carbons (Fsp3) is 0.100. The van der Waals surface area contributed by atoms with Gasteiger partial charge in [0.05, 0.1) is 17.4 Å². The Balaban J connectivity index is 0.000000224. The van der Waals surface area contributed by atoms with E-state index in [2.05, 4.69) is 9.97 Å². The number of nitrogens with zero attached hydrogens (tertiary/aromatic N) is 1. The molecule has 0 fully saturated rings. The molecule has 0 bridgehead atoms. The predicted octanol–water partition coefficient (Wildman–Crippen LogP) is 1.30. The number of primary amides is 1. The number of carboxylic acids is 1. The zero-order chi connectivity index (χ0) is 14.6. The van der Waals surface area contributed by atoms with Crippen molar-refractivity contribution in [3.63, 3.8) is 0 Å². The van der Waals surface area contributed by atoms with Crippen molar-refractivity contribution in [3.8, 4) is 0 Å². The molecule has 0 unspecified atom stereocenters. The Hall–Kier alpha value is -2.58. The Kier molecular flexibility index (Phi) is 4.10. The summed E-state index contributed by atoms with van der Waals surface area (Å²) in [4.78, 5) is 26.6. The van der Waals surface area contributed by atoms with Gasteiger partial charge in [0.1, 0.15) is 0 Å². The third-order valence-electron chi connectivity index (χ3n) is 1.95. The number of alkyl halides is 3. The van der Waals surface area contributed by atoms with Crippen LogP contribution in [0.1, 0.15) is 10.4 Å². The largest absolute Gasteiger partial charge is 0.490 e. The van der Waals surface area contributed by atoms with Crippen molar-refractivity contribution >= 4 is 22.9 Å².